The van der Waals surface area contributed by atoms with Gasteiger partial charge in [0.15, 0.2) is 0 Å². The second-order valence-electron chi connectivity index (χ2n) is 4.24. The third kappa shape index (κ3) is 3.35. The van der Waals surface area contributed by atoms with Gasteiger partial charge in [0.2, 0.25) is 0 Å². The number of hydrogen-bond donors (Lipinski definition) is 1. The van der Waals surface area contributed by atoms with E-state index >= 15 is 0 Å². The number of hydrogen-bond acceptors (Lipinski definition) is 4. The lowest BCUT2D eigenvalue weighted by Gasteiger charge is -2.05. The first-order valence-corrected chi connectivity index (χ1v) is 6.72. The highest BCUT2D eigenvalue weighted by Gasteiger charge is 2.06. The number of aromatic nitrogens is 2. The van der Waals surface area contributed by atoms with Crippen LogP contribution in [0.4, 0.5) is 0 Å². The molecule has 2 aromatic heterocycles. The van der Waals surface area contributed by atoms with E-state index in [0.29, 0.717) is 5.92 Å². The van der Waals surface area contributed by atoms with Gasteiger partial charge in [0.1, 0.15) is 0 Å². The molecule has 2 heterocycles. The molecule has 0 fully saturated rings. The van der Waals surface area contributed by atoms with Crippen LogP contribution in [0.2, 0.25) is 0 Å². The number of thiazole rings is 1. The predicted octanol–water partition coefficient (Wildman–Crippen LogP) is 2.73. The Labute approximate surface area is 106 Å². The fraction of sp³-hybridized carbons (Fsp3) is 0.385. The Balaban J connectivity index is 2.01. The topological polar surface area (TPSA) is 51.8 Å². The molecule has 0 radical (unpaired) electrons. The van der Waals surface area contributed by atoms with Gasteiger partial charge in [-0.3, -0.25) is 4.98 Å². The van der Waals surface area contributed by atoms with Crippen molar-refractivity contribution in [1.29, 1.82) is 0 Å². The minimum atomic E-state index is 0.572. The number of pyridine rings is 1. The lowest BCUT2D eigenvalue weighted by atomic mass is 10.1. The summed E-state index contributed by atoms with van der Waals surface area (Å²) in [7, 11) is 0. The van der Waals surface area contributed by atoms with Crippen molar-refractivity contribution in [3.8, 4) is 11.3 Å². The number of aryl methyl sites for hydroxylation is 1. The monoisotopic (exact) mass is 247 g/mol. The van der Waals surface area contributed by atoms with Crippen LogP contribution in [-0.4, -0.2) is 16.5 Å². The van der Waals surface area contributed by atoms with Gasteiger partial charge in [0.25, 0.3) is 0 Å². The van der Waals surface area contributed by atoms with Gasteiger partial charge in [-0.15, -0.1) is 11.3 Å². The Kier molecular flexibility index (Phi) is 4.23. The molecule has 4 heteroatoms. The highest BCUT2D eigenvalue weighted by molar-refractivity contribution is 7.09. The van der Waals surface area contributed by atoms with Gasteiger partial charge in [-0.25, -0.2) is 4.98 Å². The largest absolute Gasteiger partial charge is 0.330 e. The lowest BCUT2D eigenvalue weighted by Crippen LogP contribution is -2.11. The standard InChI is InChI=1S/C13H17N3S/c1-10(8-14)2-3-13-16-12(9-17-13)11-4-6-15-7-5-11/h4-7,9-10H,2-3,8,14H2,1H3. The first kappa shape index (κ1) is 12.2. The van der Waals surface area contributed by atoms with Crippen molar-refractivity contribution in [1.82, 2.24) is 9.97 Å². The van der Waals surface area contributed by atoms with E-state index in [4.69, 9.17) is 5.73 Å². The van der Waals surface area contributed by atoms with Crippen molar-refractivity contribution in [2.24, 2.45) is 11.7 Å². The Bertz CT molecular complexity index is 453. The molecule has 90 valence electrons. The highest BCUT2D eigenvalue weighted by Crippen LogP contribution is 2.22. The molecule has 0 spiro atoms. The SMILES string of the molecule is CC(CN)CCc1nc(-c2ccncc2)cs1. The van der Waals surface area contributed by atoms with Crippen molar-refractivity contribution < 1.29 is 0 Å². The maximum absolute atomic E-state index is 5.61. The first-order valence-electron chi connectivity index (χ1n) is 5.84. The molecule has 2 N–H and O–H groups in total. The average molecular weight is 247 g/mol. The van der Waals surface area contributed by atoms with Crippen LogP contribution in [-0.2, 0) is 6.42 Å². The molecule has 1 atom stereocenters. The fourth-order valence-electron chi connectivity index (χ4n) is 1.57. The van der Waals surface area contributed by atoms with Crippen LogP contribution in [0, 0.1) is 5.92 Å². The zero-order valence-corrected chi connectivity index (χ0v) is 10.8. The Morgan fingerprint density at radius 1 is 1.35 bits per heavy atom. The van der Waals surface area contributed by atoms with Crippen LogP contribution in [0.1, 0.15) is 18.4 Å². The van der Waals surface area contributed by atoms with Crippen LogP contribution in [0.5, 0.6) is 0 Å². The molecule has 0 aliphatic carbocycles. The molecule has 1 unspecified atom stereocenters. The van der Waals surface area contributed by atoms with E-state index in [1.54, 1.807) is 23.7 Å². The fourth-order valence-corrected chi connectivity index (χ4v) is 2.39. The zero-order valence-electron chi connectivity index (χ0n) is 9.97. The summed E-state index contributed by atoms with van der Waals surface area (Å²) in [5.74, 6) is 0.572. The van der Waals surface area contributed by atoms with Gasteiger partial charge >= 0.3 is 0 Å². The number of rotatable bonds is 5. The van der Waals surface area contributed by atoms with E-state index in [1.807, 2.05) is 12.1 Å². The predicted molar refractivity (Wildman–Crippen MR) is 71.9 cm³/mol. The van der Waals surface area contributed by atoms with Crippen molar-refractivity contribution in [2.45, 2.75) is 19.8 Å². The second-order valence-corrected chi connectivity index (χ2v) is 5.18. The summed E-state index contributed by atoms with van der Waals surface area (Å²) in [4.78, 5) is 8.65. The quantitative estimate of drug-likeness (QED) is 0.884. The van der Waals surface area contributed by atoms with E-state index in [0.717, 1.165) is 30.6 Å². The van der Waals surface area contributed by atoms with E-state index in [-0.39, 0.29) is 0 Å². The van der Waals surface area contributed by atoms with E-state index in [1.165, 1.54) is 5.01 Å². The average Bonchev–Trinajstić information content (AvgIpc) is 2.86. The highest BCUT2D eigenvalue weighted by atomic mass is 32.1. The molecule has 0 bridgehead atoms. The Morgan fingerprint density at radius 2 is 2.12 bits per heavy atom. The van der Waals surface area contributed by atoms with E-state index < -0.39 is 0 Å². The molecule has 0 aliphatic heterocycles. The molecule has 2 aromatic rings. The van der Waals surface area contributed by atoms with Crippen LogP contribution in [0.3, 0.4) is 0 Å². The maximum atomic E-state index is 5.61. The number of nitrogens with two attached hydrogens (primary N) is 1. The third-order valence-corrected chi connectivity index (χ3v) is 3.69. The van der Waals surface area contributed by atoms with Crippen LogP contribution in [0.25, 0.3) is 11.3 Å². The maximum Gasteiger partial charge on any atom is 0.0932 e. The summed E-state index contributed by atoms with van der Waals surface area (Å²) in [5, 5.41) is 3.30. The van der Waals surface area contributed by atoms with Gasteiger partial charge < -0.3 is 5.73 Å². The summed E-state index contributed by atoms with van der Waals surface area (Å²) in [6.07, 6.45) is 5.73. The van der Waals surface area contributed by atoms with Gasteiger partial charge in [-0.2, -0.15) is 0 Å². The zero-order chi connectivity index (χ0) is 12.1. The summed E-state index contributed by atoms with van der Waals surface area (Å²) in [6.45, 7) is 2.93. The first-order chi connectivity index (χ1) is 8.29. The molecule has 0 aliphatic rings. The number of nitrogens with zero attached hydrogens (tertiary/aromatic N) is 2. The molecule has 17 heavy (non-hydrogen) atoms. The molecule has 0 saturated carbocycles. The second kappa shape index (κ2) is 5.89. The Hall–Kier alpha value is -1.26. The van der Waals surface area contributed by atoms with Gasteiger partial charge in [0, 0.05) is 23.3 Å². The van der Waals surface area contributed by atoms with Crippen molar-refractivity contribution in [2.75, 3.05) is 6.54 Å². The smallest absolute Gasteiger partial charge is 0.0932 e. The van der Waals surface area contributed by atoms with Crippen molar-refractivity contribution in [3.63, 3.8) is 0 Å². The summed E-state index contributed by atoms with van der Waals surface area (Å²) in [6, 6.07) is 3.97. The molecule has 2 rings (SSSR count). The summed E-state index contributed by atoms with van der Waals surface area (Å²) < 4.78 is 0. The molecule has 0 saturated heterocycles. The van der Waals surface area contributed by atoms with Crippen LogP contribution in [0.15, 0.2) is 29.9 Å². The van der Waals surface area contributed by atoms with Gasteiger partial charge in [-0.1, -0.05) is 6.92 Å². The summed E-state index contributed by atoms with van der Waals surface area (Å²) in [5.41, 5.74) is 7.79. The minimum Gasteiger partial charge on any atom is -0.330 e. The molecular weight excluding hydrogens is 230 g/mol. The minimum absolute atomic E-state index is 0.572. The van der Waals surface area contributed by atoms with E-state index in [9.17, 15) is 0 Å². The van der Waals surface area contributed by atoms with Crippen molar-refractivity contribution >= 4 is 11.3 Å². The van der Waals surface area contributed by atoms with Gasteiger partial charge in [0.05, 0.1) is 10.7 Å². The normalized spacial score (nSPS) is 12.6. The van der Waals surface area contributed by atoms with Crippen LogP contribution < -0.4 is 5.73 Å². The van der Waals surface area contributed by atoms with Gasteiger partial charge in [-0.05, 0) is 37.4 Å². The summed E-state index contributed by atoms with van der Waals surface area (Å²) >= 11 is 1.72. The molecule has 0 aromatic carbocycles. The third-order valence-electron chi connectivity index (χ3n) is 2.78. The molecule has 3 nitrogen and oxygen atoms in total. The van der Waals surface area contributed by atoms with Crippen LogP contribution >= 0.6 is 11.3 Å². The van der Waals surface area contributed by atoms with Crippen molar-refractivity contribution in [3.05, 3.63) is 34.9 Å². The Morgan fingerprint density at radius 3 is 2.82 bits per heavy atom. The molecule has 0 amide bonds. The molecular formula is C13H17N3S. The lowest BCUT2D eigenvalue weighted by molar-refractivity contribution is 0.544. The van der Waals surface area contributed by atoms with E-state index in [2.05, 4.69) is 22.3 Å².